The minimum Gasteiger partial charge on any atom is -0.481 e. The smallest absolute Gasteiger partial charge is 0.263 e. The Hall–Kier alpha value is -0.970. The molecule has 22 heavy (non-hydrogen) atoms. The second-order valence-electron chi connectivity index (χ2n) is 5.66. The van der Waals surface area contributed by atoms with Gasteiger partial charge >= 0.3 is 0 Å². The summed E-state index contributed by atoms with van der Waals surface area (Å²) in [6.45, 7) is 4.36. The highest BCUT2D eigenvalue weighted by atomic mass is 35.5. The Kier molecular flexibility index (Phi) is 6.36. The minimum absolute atomic E-state index is 0.0222. The molecule has 0 aliphatic carbocycles. The van der Waals surface area contributed by atoms with Crippen LogP contribution in [-0.4, -0.2) is 43.6 Å². The second kappa shape index (κ2) is 8.04. The van der Waals surface area contributed by atoms with Crippen molar-refractivity contribution < 1.29 is 9.53 Å². The standard InChI is InChI=1S/C16H22Cl2N2O2/c1-11(22-13-3-4-14(17)15(18)9-13)16(21)20-7-5-12(6-8-20)10-19-2/h3-4,9,11-12,19H,5-8,10H2,1-2H3. The lowest BCUT2D eigenvalue weighted by molar-refractivity contribution is -0.139. The molecule has 0 bridgehead atoms. The van der Waals surface area contributed by atoms with Crippen LogP contribution in [-0.2, 0) is 4.79 Å². The maximum atomic E-state index is 12.4. The number of rotatable bonds is 5. The molecule has 1 aliphatic heterocycles. The molecule has 1 aromatic rings. The molecule has 122 valence electrons. The third-order valence-electron chi connectivity index (χ3n) is 3.97. The second-order valence-corrected chi connectivity index (χ2v) is 6.48. The monoisotopic (exact) mass is 344 g/mol. The van der Waals surface area contributed by atoms with Crippen molar-refractivity contribution in [2.24, 2.45) is 5.92 Å². The molecule has 1 N–H and O–H groups in total. The van der Waals surface area contributed by atoms with E-state index in [9.17, 15) is 4.79 Å². The number of hydrogen-bond donors (Lipinski definition) is 1. The summed E-state index contributed by atoms with van der Waals surface area (Å²) in [7, 11) is 1.96. The van der Waals surface area contributed by atoms with Crippen LogP contribution in [0.25, 0.3) is 0 Å². The van der Waals surface area contributed by atoms with E-state index in [1.165, 1.54) is 0 Å². The van der Waals surface area contributed by atoms with Crippen molar-refractivity contribution in [3.05, 3.63) is 28.2 Å². The molecule has 0 aromatic heterocycles. The van der Waals surface area contributed by atoms with Gasteiger partial charge < -0.3 is 15.0 Å². The molecule has 1 fully saturated rings. The third-order valence-corrected chi connectivity index (χ3v) is 4.71. The maximum absolute atomic E-state index is 12.4. The average Bonchev–Trinajstić information content (AvgIpc) is 2.51. The highest BCUT2D eigenvalue weighted by molar-refractivity contribution is 6.42. The van der Waals surface area contributed by atoms with Crippen LogP contribution < -0.4 is 10.1 Å². The van der Waals surface area contributed by atoms with Gasteiger partial charge in [0.15, 0.2) is 6.10 Å². The third kappa shape index (κ3) is 4.51. The number of nitrogens with zero attached hydrogens (tertiary/aromatic N) is 1. The molecule has 1 amide bonds. The van der Waals surface area contributed by atoms with Gasteiger partial charge in [-0.3, -0.25) is 4.79 Å². The van der Waals surface area contributed by atoms with Crippen LogP contribution in [0.15, 0.2) is 18.2 Å². The molecular weight excluding hydrogens is 323 g/mol. The zero-order chi connectivity index (χ0) is 16.1. The van der Waals surface area contributed by atoms with Gasteiger partial charge in [0.2, 0.25) is 0 Å². The fourth-order valence-electron chi connectivity index (χ4n) is 2.71. The zero-order valence-electron chi connectivity index (χ0n) is 12.9. The molecule has 0 spiro atoms. The van der Waals surface area contributed by atoms with Gasteiger partial charge in [-0.2, -0.15) is 0 Å². The van der Waals surface area contributed by atoms with Gasteiger partial charge in [0.1, 0.15) is 5.75 Å². The van der Waals surface area contributed by atoms with E-state index in [0.29, 0.717) is 21.7 Å². The van der Waals surface area contributed by atoms with Gasteiger partial charge in [0.05, 0.1) is 10.0 Å². The van der Waals surface area contributed by atoms with Gasteiger partial charge in [0, 0.05) is 19.2 Å². The Morgan fingerprint density at radius 2 is 2.05 bits per heavy atom. The molecule has 1 unspecified atom stereocenters. The first-order chi connectivity index (χ1) is 10.5. The molecule has 0 radical (unpaired) electrons. The lowest BCUT2D eigenvalue weighted by Crippen LogP contribution is -2.45. The number of carbonyl (C=O) groups excluding carboxylic acids is 1. The fraction of sp³-hybridized carbons (Fsp3) is 0.562. The predicted octanol–water partition coefficient (Wildman–Crippen LogP) is 3.22. The van der Waals surface area contributed by atoms with Crippen molar-refractivity contribution >= 4 is 29.1 Å². The first kappa shape index (κ1) is 17.4. The van der Waals surface area contributed by atoms with Crippen molar-refractivity contribution in [2.45, 2.75) is 25.9 Å². The van der Waals surface area contributed by atoms with E-state index in [4.69, 9.17) is 27.9 Å². The van der Waals surface area contributed by atoms with Crippen molar-refractivity contribution in [2.75, 3.05) is 26.7 Å². The number of nitrogens with one attached hydrogen (secondary N) is 1. The summed E-state index contributed by atoms with van der Waals surface area (Å²) in [5, 5.41) is 4.09. The summed E-state index contributed by atoms with van der Waals surface area (Å²) in [5.74, 6) is 1.23. The Morgan fingerprint density at radius 3 is 2.64 bits per heavy atom. The van der Waals surface area contributed by atoms with E-state index in [2.05, 4.69) is 5.32 Å². The van der Waals surface area contributed by atoms with Crippen molar-refractivity contribution in [3.8, 4) is 5.75 Å². The first-order valence-corrected chi connectivity index (χ1v) is 8.32. The van der Waals surface area contributed by atoms with E-state index >= 15 is 0 Å². The van der Waals surface area contributed by atoms with Crippen LogP contribution in [0.3, 0.4) is 0 Å². The fourth-order valence-corrected chi connectivity index (χ4v) is 3.00. The quantitative estimate of drug-likeness (QED) is 0.891. The normalized spacial score (nSPS) is 17.4. The Balaban J connectivity index is 1.88. The molecule has 1 atom stereocenters. The summed E-state index contributed by atoms with van der Waals surface area (Å²) >= 11 is 11.8. The minimum atomic E-state index is -0.530. The number of likely N-dealkylation sites (tertiary alicyclic amines) is 1. The van der Waals surface area contributed by atoms with E-state index in [-0.39, 0.29) is 5.91 Å². The maximum Gasteiger partial charge on any atom is 0.263 e. The average molecular weight is 345 g/mol. The zero-order valence-corrected chi connectivity index (χ0v) is 14.5. The number of piperidine rings is 1. The molecule has 1 aliphatic rings. The number of ether oxygens (including phenoxy) is 1. The molecule has 1 heterocycles. The number of halogens is 2. The van der Waals surface area contributed by atoms with E-state index in [1.54, 1.807) is 25.1 Å². The van der Waals surface area contributed by atoms with Gasteiger partial charge in [-0.15, -0.1) is 0 Å². The van der Waals surface area contributed by atoms with E-state index in [0.717, 1.165) is 32.5 Å². The van der Waals surface area contributed by atoms with Gasteiger partial charge in [-0.25, -0.2) is 0 Å². The highest BCUT2D eigenvalue weighted by Gasteiger charge is 2.26. The number of carbonyl (C=O) groups is 1. The van der Waals surface area contributed by atoms with E-state index < -0.39 is 6.10 Å². The Bertz CT molecular complexity index is 517. The Morgan fingerprint density at radius 1 is 1.36 bits per heavy atom. The van der Waals surface area contributed by atoms with Gasteiger partial charge in [-0.1, -0.05) is 23.2 Å². The summed E-state index contributed by atoms with van der Waals surface area (Å²) in [5.41, 5.74) is 0. The molecule has 2 rings (SSSR count). The lowest BCUT2D eigenvalue weighted by Gasteiger charge is -2.33. The van der Waals surface area contributed by atoms with Gasteiger partial charge in [0.25, 0.3) is 5.91 Å². The van der Waals surface area contributed by atoms with Crippen LogP contribution in [0.4, 0.5) is 0 Å². The summed E-state index contributed by atoms with van der Waals surface area (Å²) in [6, 6.07) is 5.02. The Labute approximate surface area is 141 Å². The molecule has 4 nitrogen and oxygen atoms in total. The molecule has 0 saturated carbocycles. The first-order valence-electron chi connectivity index (χ1n) is 7.56. The lowest BCUT2D eigenvalue weighted by atomic mass is 9.96. The van der Waals surface area contributed by atoms with Crippen LogP contribution >= 0.6 is 23.2 Å². The summed E-state index contributed by atoms with van der Waals surface area (Å²) in [4.78, 5) is 14.3. The van der Waals surface area contributed by atoms with Crippen LogP contribution in [0.2, 0.25) is 10.0 Å². The number of benzene rings is 1. The topological polar surface area (TPSA) is 41.6 Å². The van der Waals surface area contributed by atoms with Crippen molar-refractivity contribution in [3.63, 3.8) is 0 Å². The molecule has 1 aromatic carbocycles. The van der Waals surface area contributed by atoms with Crippen molar-refractivity contribution in [1.82, 2.24) is 10.2 Å². The van der Waals surface area contributed by atoms with Crippen LogP contribution in [0.1, 0.15) is 19.8 Å². The number of hydrogen-bond acceptors (Lipinski definition) is 3. The summed E-state index contributed by atoms with van der Waals surface area (Å²) < 4.78 is 5.69. The highest BCUT2D eigenvalue weighted by Crippen LogP contribution is 2.27. The number of amides is 1. The van der Waals surface area contributed by atoms with Crippen LogP contribution in [0, 0.1) is 5.92 Å². The van der Waals surface area contributed by atoms with E-state index in [1.807, 2.05) is 11.9 Å². The molecular formula is C16H22Cl2N2O2. The van der Waals surface area contributed by atoms with Gasteiger partial charge in [-0.05, 0) is 51.4 Å². The predicted molar refractivity (Wildman–Crippen MR) is 89.8 cm³/mol. The molecule has 1 saturated heterocycles. The SMILES string of the molecule is CNCC1CCN(C(=O)C(C)Oc2ccc(Cl)c(Cl)c2)CC1. The molecule has 6 heteroatoms. The summed E-state index contributed by atoms with van der Waals surface area (Å²) in [6.07, 6.45) is 1.54. The largest absolute Gasteiger partial charge is 0.481 e. The van der Waals surface area contributed by atoms with Crippen molar-refractivity contribution in [1.29, 1.82) is 0 Å². The van der Waals surface area contributed by atoms with Crippen LogP contribution in [0.5, 0.6) is 5.75 Å².